The van der Waals surface area contributed by atoms with Gasteiger partial charge >= 0.3 is 5.97 Å². The molecule has 1 aromatic rings. The summed E-state index contributed by atoms with van der Waals surface area (Å²) in [7, 11) is 0. The number of nitro groups is 1. The highest BCUT2D eigenvalue weighted by Crippen LogP contribution is 2.19. The molecule has 0 unspecified atom stereocenters. The number of amides is 1. The standard InChI is InChI=1S/C15H20N2O5/c1-10(2)9-16(7-6-14(18)19)15(20)13-8-12(17(21)22)5-4-11(13)3/h4-5,8,10H,6-7,9H2,1-3H3,(H,18,19). The first kappa shape index (κ1) is 17.6. The molecule has 1 rings (SSSR count). The zero-order valence-corrected chi connectivity index (χ0v) is 12.9. The SMILES string of the molecule is Cc1ccc([N+](=O)[O-])cc1C(=O)N(CCC(=O)O)CC(C)C. The van der Waals surface area contributed by atoms with Crippen molar-refractivity contribution in [2.24, 2.45) is 5.92 Å². The second kappa shape index (κ2) is 7.53. The number of non-ortho nitro benzene ring substituents is 1. The smallest absolute Gasteiger partial charge is 0.305 e. The van der Waals surface area contributed by atoms with Gasteiger partial charge in [0.15, 0.2) is 0 Å². The number of aliphatic carboxylic acids is 1. The first-order chi connectivity index (χ1) is 10.2. The summed E-state index contributed by atoms with van der Waals surface area (Å²) in [6.07, 6.45) is -0.160. The first-order valence-electron chi connectivity index (χ1n) is 6.98. The third kappa shape index (κ3) is 4.83. The Balaban J connectivity index is 3.08. The summed E-state index contributed by atoms with van der Waals surface area (Å²) in [5.74, 6) is -1.20. The first-order valence-corrected chi connectivity index (χ1v) is 6.98. The van der Waals surface area contributed by atoms with Crippen LogP contribution in [-0.2, 0) is 4.79 Å². The van der Waals surface area contributed by atoms with E-state index < -0.39 is 10.9 Å². The van der Waals surface area contributed by atoms with Gasteiger partial charge in [-0.05, 0) is 18.4 Å². The number of benzene rings is 1. The highest BCUT2D eigenvalue weighted by molar-refractivity contribution is 5.96. The van der Waals surface area contributed by atoms with Crippen molar-refractivity contribution in [1.82, 2.24) is 4.90 Å². The summed E-state index contributed by atoms with van der Waals surface area (Å²) >= 11 is 0. The number of hydrogen-bond acceptors (Lipinski definition) is 4. The minimum atomic E-state index is -0.989. The molecule has 1 aromatic carbocycles. The van der Waals surface area contributed by atoms with E-state index in [0.717, 1.165) is 0 Å². The number of carboxylic acids is 1. The number of aryl methyl sites for hydroxylation is 1. The predicted molar refractivity (Wildman–Crippen MR) is 80.8 cm³/mol. The predicted octanol–water partition coefficient (Wildman–Crippen LogP) is 2.48. The summed E-state index contributed by atoms with van der Waals surface area (Å²) in [5, 5.41) is 19.6. The lowest BCUT2D eigenvalue weighted by molar-refractivity contribution is -0.384. The minimum absolute atomic E-state index is 0.0779. The molecule has 0 spiro atoms. The Hall–Kier alpha value is -2.44. The van der Waals surface area contributed by atoms with Gasteiger partial charge in [0.1, 0.15) is 0 Å². The van der Waals surface area contributed by atoms with Gasteiger partial charge in [0.2, 0.25) is 0 Å². The summed E-state index contributed by atoms with van der Waals surface area (Å²) in [5.41, 5.74) is 0.705. The normalized spacial score (nSPS) is 10.5. The van der Waals surface area contributed by atoms with E-state index in [9.17, 15) is 19.7 Å². The molecule has 0 fully saturated rings. The van der Waals surface area contributed by atoms with Gasteiger partial charge in [-0.25, -0.2) is 0 Å². The molecule has 22 heavy (non-hydrogen) atoms. The van der Waals surface area contributed by atoms with Crippen LogP contribution in [0, 0.1) is 23.0 Å². The topological polar surface area (TPSA) is 101 Å². The molecule has 1 N–H and O–H groups in total. The van der Waals surface area contributed by atoms with Crippen LogP contribution in [0.15, 0.2) is 18.2 Å². The van der Waals surface area contributed by atoms with E-state index in [4.69, 9.17) is 5.11 Å². The molecule has 7 nitrogen and oxygen atoms in total. The number of nitro benzene ring substituents is 1. The van der Waals surface area contributed by atoms with E-state index in [0.29, 0.717) is 12.1 Å². The summed E-state index contributed by atoms with van der Waals surface area (Å²) in [6, 6.07) is 4.11. The molecule has 0 saturated heterocycles. The van der Waals surface area contributed by atoms with E-state index >= 15 is 0 Å². The van der Waals surface area contributed by atoms with Gasteiger partial charge in [0.05, 0.1) is 11.3 Å². The summed E-state index contributed by atoms with van der Waals surface area (Å²) in [6.45, 7) is 6.01. The van der Waals surface area contributed by atoms with Crippen molar-refractivity contribution in [3.05, 3.63) is 39.4 Å². The van der Waals surface area contributed by atoms with Crippen LogP contribution in [0.1, 0.15) is 36.2 Å². The van der Waals surface area contributed by atoms with Gasteiger partial charge in [-0.2, -0.15) is 0 Å². The molecular formula is C15H20N2O5. The Bertz CT molecular complexity index is 583. The van der Waals surface area contributed by atoms with Crippen molar-refractivity contribution < 1.29 is 19.6 Å². The lowest BCUT2D eigenvalue weighted by Crippen LogP contribution is -2.36. The molecule has 7 heteroatoms. The highest BCUT2D eigenvalue weighted by atomic mass is 16.6. The van der Waals surface area contributed by atoms with Crippen molar-refractivity contribution in [2.75, 3.05) is 13.1 Å². The second-order valence-corrected chi connectivity index (χ2v) is 5.55. The Morgan fingerprint density at radius 3 is 2.50 bits per heavy atom. The average molecular weight is 308 g/mol. The summed E-state index contributed by atoms with van der Waals surface area (Å²) in [4.78, 5) is 35.1. The van der Waals surface area contributed by atoms with Crippen LogP contribution in [0.5, 0.6) is 0 Å². The number of hydrogen-bond donors (Lipinski definition) is 1. The van der Waals surface area contributed by atoms with Gasteiger partial charge in [-0.15, -0.1) is 0 Å². The number of carboxylic acid groups (broad SMARTS) is 1. The molecule has 1 amide bonds. The van der Waals surface area contributed by atoms with Gasteiger partial charge in [0.25, 0.3) is 11.6 Å². The molecule has 0 saturated carbocycles. The fourth-order valence-corrected chi connectivity index (χ4v) is 2.07. The fraction of sp³-hybridized carbons (Fsp3) is 0.467. The molecule has 0 aliphatic carbocycles. The van der Waals surface area contributed by atoms with Gasteiger partial charge < -0.3 is 10.0 Å². The third-order valence-electron chi connectivity index (χ3n) is 3.13. The van der Waals surface area contributed by atoms with E-state index in [1.54, 1.807) is 6.92 Å². The number of nitrogens with zero attached hydrogens (tertiary/aromatic N) is 2. The number of rotatable bonds is 7. The largest absolute Gasteiger partial charge is 0.481 e. The lowest BCUT2D eigenvalue weighted by atomic mass is 10.1. The maximum absolute atomic E-state index is 12.6. The van der Waals surface area contributed by atoms with Crippen molar-refractivity contribution in [3.63, 3.8) is 0 Å². The summed E-state index contributed by atoms with van der Waals surface area (Å²) < 4.78 is 0. The molecule has 0 bridgehead atoms. The molecule has 0 atom stereocenters. The minimum Gasteiger partial charge on any atom is -0.481 e. The molecule has 0 aliphatic heterocycles. The van der Waals surface area contributed by atoms with Gasteiger partial charge in [-0.1, -0.05) is 19.9 Å². The van der Waals surface area contributed by atoms with Crippen molar-refractivity contribution >= 4 is 17.6 Å². The maximum Gasteiger partial charge on any atom is 0.305 e. The Labute approximate surface area is 128 Å². The van der Waals surface area contributed by atoms with E-state index in [-0.39, 0.29) is 36.0 Å². The van der Waals surface area contributed by atoms with Crippen LogP contribution in [0.25, 0.3) is 0 Å². The Morgan fingerprint density at radius 1 is 1.36 bits per heavy atom. The zero-order chi connectivity index (χ0) is 16.9. The van der Waals surface area contributed by atoms with Gasteiger partial charge in [-0.3, -0.25) is 19.7 Å². The molecule has 0 radical (unpaired) electrons. The zero-order valence-electron chi connectivity index (χ0n) is 12.9. The quantitative estimate of drug-likeness (QED) is 0.616. The second-order valence-electron chi connectivity index (χ2n) is 5.55. The maximum atomic E-state index is 12.6. The van der Waals surface area contributed by atoms with E-state index in [2.05, 4.69) is 0 Å². The Kier molecular flexibility index (Phi) is 6.03. The third-order valence-corrected chi connectivity index (χ3v) is 3.13. The fourth-order valence-electron chi connectivity index (χ4n) is 2.07. The van der Waals surface area contributed by atoms with Crippen LogP contribution in [0.4, 0.5) is 5.69 Å². The van der Waals surface area contributed by atoms with Crippen LogP contribution >= 0.6 is 0 Å². The van der Waals surface area contributed by atoms with Crippen LogP contribution in [-0.4, -0.2) is 39.9 Å². The molecular weight excluding hydrogens is 288 g/mol. The molecule has 0 aromatic heterocycles. The number of carbonyl (C=O) groups excluding carboxylic acids is 1. The molecule has 0 aliphatic rings. The molecule has 0 heterocycles. The van der Waals surface area contributed by atoms with Crippen molar-refractivity contribution in [1.29, 1.82) is 0 Å². The van der Waals surface area contributed by atoms with Crippen LogP contribution in [0.2, 0.25) is 0 Å². The lowest BCUT2D eigenvalue weighted by Gasteiger charge is -2.24. The van der Waals surface area contributed by atoms with Crippen molar-refractivity contribution in [2.45, 2.75) is 27.2 Å². The van der Waals surface area contributed by atoms with Gasteiger partial charge in [0, 0.05) is 30.8 Å². The molecule has 120 valence electrons. The monoisotopic (exact) mass is 308 g/mol. The average Bonchev–Trinajstić information content (AvgIpc) is 2.42. The Morgan fingerprint density at radius 2 is 2.00 bits per heavy atom. The van der Waals surface area contributed by atoms with Crippen LogP contribution < -0.4 is 0 Å². The highest BCUT2D eigenvalue weighted by Gasteiger charge is 2.21. The van der Waals surface area contributed by atoms with E-state index in [1.807, 2.05) is 13.8 Å². The van der Waals surface area contributed by atoms with Crippen LogP contribution in [0.3, 0.4) is 0 Å². The van der Waals surface area contributed by atoms with E-state index in [1.165, 1.54) is 23.1 Å². The number of carbonyl (C=O) groups is 2. The van der Waals surface area contributed by atoms with Crippen molar-refractivity contribution in [3.8, 4) is 0 Å².